The van der Waals surface area contributed by atoms with E-state index in [1.165, 1.54) is 18.2 Å². The Balaban J connectivity index is 3.14. The van der Waals surface area contributed by atoms with Crippen molar-refractivity contribution in [2.24, 2.45) is 0 Å². The van der Waals surface area contributed by atoms with E-state index in [1.807, 2.05) is 20.8 Å². The predicted molar refractivity (Wildman–Crippen MR) is 69.3 cm³/mol. The molecule has 6 nitrogen and oxygen atoms in total. The Labute approximate surface area is 105 Å². The number of nitro benzene ring substituents is 1. The van der Waals surface area contributed by atoms with E-state index in [-0.39, 0.29) is 16.9 Å². The highest BCUT2D eigenvalue weighted by atomic mass is 16.6. The van der Waals surface area contributed by atoms with Gasteiger partial charge in [-0.3, -0.25) is 14.9 Å². The number of nitrogens with two attached hydrogens (primary N) is 1. The lowest BCUT2D eigenvalue weighted by Gasteiger charge is -2.24. The van der Waals surface area contributed by atoms with Crippen molar-refractivity contribution < 1.29 is 9.72 Å². The van der Waals surface area contributed by atoms with Gasteiger partial charge in [-0.2, -0.15) is 0 Å². The van der Waals surface area contributed by atoms with E-state index in [2.05, 4.69) is 5.32 Å². The molecule has 0 aliphatic carbocycles. The number of carbonyl (C=O) groups excluding carboxylic acids is 1. The van der Waals surface area contributed by atoms with Crippen LogP contribution >= 0.6 is 0 Å². The third kappa shape index (κ3) is 2.97. The van der Waals surface area contributed by atoms with Crippen LogP contribution in [0.25, 0.3) is 0 Å². The van der Waals surface area contributed by atoms with Gasteiger partial charge in [-0.1, -0.05) is 13.0 Å². The van der Waals surface area contributed by atoms with Gasteiger partial charge in [-0.05, 0) is 32.4 Å². The predicted octanol–water partition coefficient (Wildman–Crippen LogP) is 2.10. The minimum absolute atomic E-state index is 0.0121. The average Bonchev–Trinajstić information content (AvgIpc) is 2.27. The SMILES string of the molecule is CCC(C)(C)NC(=O)c1cccc(N)c1[N+](=O)[O-]. The fourth-order valence-electron chi connectivity index (χ4n) is 1.41. The van der Waals surface area contributed by atoms with E-state index < -0.39 is 16.4 Å². The maximum Gasteiger partial charge on any atom is 0.304 e. The summed E-state index contributed by atoms with van der Waals surface area (Å²) < 4.78 is 0. The quantitative estimate of drug-likeness (QED) is 0.486. The highest BCUT2D eigenvalue weighted by Gasteiger charge is 2.26. The van der Waals surface area contributed by atoms with Crippen molar-refractivity contribution in [2.45, 2.75) is 32.7 Å². The Kier molecular flexibility index (Phi) is 3.90. The molecule has 0 radical (unpaired) electrons. The Morgan fingerprint density at radius 3 is 2.61 bits per heavy atom. The largest absolute Gasteiger partial charge is 0.393 e. The van der Waals surface area contributed by atoms with Crippen molar-refractivity contribution in [2.75, 3.05) is 5.73 Å². The van der Waals surface area contributed by atoms with Crippen molar-refractivity contribution in [1.29, 1.82) is 0 Å². The smallest absolute Gasteiger partial charge is 0.304 e. The van der Waals surface area contributed by atoms with Crippen LogP contribution in [-0.2, 0) is 0 Å². The van der Waals surface area contributed by atoms with E-state index in [1.54, 1.807) is 0 Å². The summed E-state index contributed by atoms with van der Waals surface area (Å²) in [6.07, 6.45) is 0.717. The van der Waals surface area contributed by atoms with Gasteiger partial charge in [0.15, 0.2) is 0 Å². The molecule has 98 valence electrons. The summed E-state index contributed by atoms with van der Waals surface area (Å²) in [4.78, 5) is 22.3. The maximum atomic E-state index is 12.0. The number of anilines is 1. The molecule has 0 saturated heterocycles. The first-order chi connectivity index (χ1) is 8.28. The van der Waals surface area contributed by atoms with Gasteiger partial charge in [0.05, 0.1) is 4.92 Å². The Morgan fingerprint density at radius 1 is 1.50 bits per heavy atom. The molecule has 0 aliphatic rings. The molecule has 1 aromatic carbocycles. The number of nitrogens with one attached hydrogen (secondary N) is 1. The second-order valence-corrected chi connectivity index (χ2v) is 4.69. The van der Waals surface area contributed by atoms with E-state index in [4.69, 9.17) is 5.73 Å². The second kappa shape index (κ2) is 5.03. The van der Waals surface area contributed by atoms with Crippen LogP contribution in [0.5, 0.6) is 0 Å². The second-order valence-electron chi connectivity index (χ2n) is 4.69. The molecule has 0 fully saturated rings. The number of nitrogens with zero attached hydrogens (tertiary/aromatic N) is 1. The molecule has 0 saturated carbocycles. The first-order valence-corrected chi connectivity index (χ1v) is 5.64. The number of para-hydroxylation sites is 1. The topological polar surface area (TPSA) is 98.3 Å². The zero-order valence-corrected chi connectivity index (χ0v) is 10.7. The van der Waals surface area contributed by atoms with Crippen LogP contribution in [0.3, 0.4) is 0 Å². The molecule has 0 aromatic heterocycles. The molecule has 0 unspecified atom stereocenters. The van der Waals surface area contributed by atoms with Crippen LogP contribution in [0.1, 0.15) is 37.6 Å². The van der Waals surface area contributed by atoms with Gasteiger partial charge in [0.25, 0.3) is 5.91 Å². The standard InChI is InChI=1S/C12H17N3O3/c1-4-12(2,3)14-11(16)8-6-5-7-9(13)10(8)15(17)18/h5-7H,4,13H2,1-3H3,(H,14,16). The number of rotatable bonds is 4. The first kappa shape index (κ1) is 14.0. The number of hydrogen-bond donors (Lipinski definition) is 2. The van der Waals surface area contributed by atoms with E-state index >= 15 is 0 Å². The molecular formula is C12H17N3O3. The molecule has 18 heavy (non-hydrogen) atoms. The first-order valence-electron chi connectivity index (χ1n) is 5.64. The van der Waals surface area contributed by atoms with Crippen molar-refractivity contribution in [1.82, 2.24) is 5.32 Å². The van der Waals surface area contributed by atoms with Gasteiger partial charge >= 0.3 is 5.69 Å². The van der Waals surface area contributed by atoms with Crippen LogP contribution in [0.2, 0.25) is 0 Å². The van der Waals surface area contributed by atoms with Gasteiger partial charge < -0.3 is 11.1 Å². The summed E-state index contributed by atoms with van der Waals surface area (Å²) >= 11 is 0. The van der Waals surface area contributed by atoms with E-state index in [0.29, 0.717) is 0 Å². The Morgan fingerprint density at radius 2 is 2.11 bits per heavy atom. The average molecular weight is 251 g/mol. The van der Waals surface area contributed by atoms with Crippen LogP contribution in [0, 0.1) is 10.1 Å². The Hall–Kier alpha value is -2.11. The molecule has 0 aliphatic heterocycles. The molecule has 0 spiro atoms. The minimum Gasteiger partial charge on any atom is -0.393 e. The fraction of sp³-hybridized carbons (Fsp3) is 0.417. The normalized spacial score (nSPS) is 11.1. The highest BCUT2D eigenvalue weighted by molar-refractivity contribution is 6.00. The van der Waals surface area contributed by atoms with Gasteiger partial charge in [-0.25, -0.2) is 0 Å². The molecule has 0 atom stereocenters. The highest BCUT2D eigenvalue weighted by Crippen LogP contribution is 2.26. The number of benzene rings is 1. The number of nitrogen functional groups attached to an aromatic ring is 1. The lowest BCUT2D eigenvalue weighted by molar-refractivity contribution is -0.384. The maximum absolute atomic E-state index is 12.0. The van der Waals surface area contributed by atoms with Crippen molar-refractivity contribution in [3.05, 3.63) is 33.9 Å². The van der Waals surface area contributed by atoms with Crippen LogP contribution in [0.4, 0.5) is 11.4 Å². The van der Waals surface area contributed by atoms with Crippen molar-refractivity contribution >= 4 is 17.3 Å². The van der Waals surface area contributed by atoms with E-state index in [9.17, 15) is 14.9 Å². The summed E-state index contributed by atoms with van der Waals surface area (Å²) in [6, 6.07) is 4.33. The molecule has 1 amide bonds. The summed E-state index contributed by atoms with van der Waals surface area (Å²) in [5, 5.41) is 13.7. The summed E-state index contributed by atoms with van der Waals surface area (Å²) in [7, 11) is 0. The lowest BCUT2D eigenvalue weighted by atomic mass is 10.0. The van der Waals surface area contributed by atoms with Gasteiger partial charge in [0.2, 0.25) is 0 Å². The fourth-order valence-corrected chi connectivity index (χ4v) is 1.41. The molecule has 3 N–H and O–H groups in total. The lowest BCUT2D eigenvalue weighted by Crippen LogP contribution is -2.43. The number of nitro groups is 1. The summed E-state index contributed by atoms with van der Waals surface area (Å²) in [5.41, 5.74) is 4.74. The molecule has 1 rings (SSSR count). The number of amides is 1. The van der Waals surface area contributed by atoms with Crippen LogP contribution in [0.15, 0.2) is 18.2 Å². The number of hydrogen-bond acceptors (Lipinski definition) is 4. The molecule has 0 heterocycles. The molecule has 1 aromatic rings. The van der Waals surface area contributed by atoms with Crippen molar-refractivity contribution in [3.8, 4) is 0 Å². The van der Waals surface area contributed by atoms with Crippen molar-refractivity contribution in [3.63, 3.8) is 0 Å². The number of carbonyl (C=O) groups is 1. The zero-order chi connectivity index (χ0) is 13.9. The summed E-state index contributed by atoms with van der Waals surface area (Å²) in [6.45, 7) is 5.63. The monoisotopic (exact) mass is 251 g/mol. The van der Waals surface area contributed by atoms with Gasteiger partial charge in [0, 0.05) is 5.54 Å². The van der Waals surface area contributed by atoms with Crippen LogP contribution in [-0.4, -0.2) is 16.4 Å². The third-order valence-corrected chi connectivity index (χ3v) is 2.83. The van der Waals surface area contributed by atoms with Gasteiger partial charge in [-0.15, -0.1) is 0 Å². The Bertz CT molecular complexity index is 483. The van der Waals surface area contributed by atoms with E-state index in [0.717, 1.165) is 6.42 Å². The van der Waals surface area contributed by atoms with Gasteiger partial charge in [0.1, 0.15) is 11.3 Å². The molecular weight excluding hydrogens is 234 g/mol. The zero-order valence-electron chi connectivity index (χ0n) is 10.7. The molecule has 0 bridgehead atoms. The molecule has 6 heteroatoms. The third-order valence-electron chi connectivity index (χ3n) is 2.83. The summed E-state index contributed by atoms with van der Waals surface area (Å²) in [5.74, 6) is -0.485. The van der Waals surface area contributed by atoms with Crippen LogP contribution < -0.4 is 11.1 Å². The minimum atomic E-state index is -0.636.